The number of anilines is 1. The lowest BCUT2D eigenvalue weighted by Gasteiger charge is -2.28. The molecule has 0 spiro atoms. The standard InChI is InChI=1S/C23H31N5O2S/c1-4-31-23-25-19(17-22-24-8-11-28(22)23)18-6-7-20(21(16-18)29-3)26(2)9-5-10-27-12-14-30-15-13-27/h6-8,11,16-17H,4-5,9-10,12-15H2,1-3H3. The summed E-state index contributed by atoms with van der Waals surface area (Å²) in [6, 6.07) is 8.36. The number of hydrogen-bond donors (Lipinski definition) is 0. The van der Waals surface area contributed by atoms with Crippen LogP contribution in [-0.2, 0) is 4.74 Å². The van der Waals surface area contributed by atoms with Gasteiger partial charge < -0.3 is 14.4 Å². The molecule has 0 atom stereocenters. The van der Waals surface area contributed by atoms with Crippen molar-refractivity contribution in [3.05, 3.63) is 36.7 Å². The van der Waals surface area contributed by atoms with Crippen LogP contribution in [-0.4, -0.2) is 78.6 Å². The summed E-state index contributed by atoms with van der Waals surface area (Å²) in [5.74, 6) is 1.82. The molecule has 0 radical (unpaired) electrons. The molecule has 8 heteroatoms. The van der Waals surface area contributed by atoms with Gasteiger partial charge in [0.15, 0.2) is 5.16 Å². The van der Waals surface area contributed by atoms with Gasteiger partial charge in [-0.2, -0.15) is 0 Å². The van der Waals surface area contributed by atoms with Gasteiger partial charge in [0, 0.05) is 57.3 Å². The molecule has 2 aromatic heterocycles. The van der Waals surface area contributed by atoms with E-state index in [9.17, 15) is 0 Å². The normalized spacial score (nSPS) is 14.8. The van der Waals surface area contributed by atoms with Crippen LogP contribution in [0.1, 0.15) is 13.3 Å². The molecule has 0 N–H and O–H groups in total. The lowest BCUT2D eigenvalue weighted by molar-refractivity contribution is 0.0377. The van der Waals surface area contributed by atoms with Crippen molar-refractivity contribution in [2.75, 3.05) is 64.2 Å². The number of nitrogens with zero attached hydrogens (tertiary/aromatic N) is 5. The summed E-state index contributed by atoms with van der Waals surface area (Å²) in [4.78, 5) is 14.1. The number of thioether (sulfide) groups is 1. The monoisotopic (exact) mass is 441 g/mol. The fourth-order valence-corrected chi connectivity index (χ4v) is 4.62. The highest BCUT2D eigenvalue weighted by atomic mass is 32.2. The summed E-state index contributed by atoms with van der Waals surface area (Å²) in [6.45, 7) is 7.98. The molecule has 3 heterocycles. The lowest BCUT2D eigenvalue weighted by atomic mass is 10.1. The van der Waals surface area contributed by atoms with E-state index < -0.39 is 0 Å². The van der Waals surface area contributed by atoms with Crippen molar-refractivity contribution in [2.24, 2.45) is 0 Å². The third-order valence-electron chi connectivity index (χ3n) is 5.59. The Bertz CT molecular complexity index is 1000. The van der Waals surface area contributed by atoms with Crippen LogP contribution in [0.25, 0.3) is 16.9 Å². The van der Waals surface area contributed by atoms with Crippen LogP contribution < -0.4 is 9.64 Å². The molecule has 1 aromatic carbocycles. The Kier molecular flexibility index (Phi) is 7.32. The fraction of sp³-hybridized carbons (Fsp3) is 0.478. The van der Waals surface area contributed by atoms with Crippen LogP contribution in [0.2, 0.25) is 0 Å². The zero-order valence-corrected chi connectivity index (χ0v) is 19.4. The molecule has 31 heavy (non-hydrogen) atoms. The van der Waals surface area contributed by atoms with E-state index in [0.29, 0.717) is 0 Å². The average molecular weight is 442 g/mol. The van der Waals surface area contributed by atoms with E-state index in [2.05, 4.69) is 47.0 Å². The van der Waals surface area contributed by atoms with E-state index in [1.54, 1.807) is 18.9 Å². The highest BCUT2D eigenvalue weighted by Crippen LogP contribution is 2.33. The summed E-state index contributed by atoms with van der Waals surface area (Å²) in [5, 5.41) is 0.954. The number of ether oxygens (including phenoxy) is 2. The Morgan fingerprint density at radius 2 is 2.06 bits per heavy atom. The first-order valence-electron chi connectivity index (χ1n) is 10.9. The van der Waals surface area contributed by atoms with E-state index in [-0.39, 0.29) is 0 Å². The SMILES string of the molecule is CCSc1nc(-c2ccc(N(C)CCCN3CCOCC3)c(OC)c2)cc2nccn12. The molecular weight excluding hydrogens is 410 g/mol. The maximum atomic E-state index is 5.75. The predicted molar refractivity (Wildman–Crippen MR) is 127 cm³/mol. The third kappa shape index (κ3) is 5.14. The van der Waals surface area contributed by atoms with Gasteiger partial charge in [0.05, 0.1) is 31.7 Å². The summed E-state index contributed by atoms with van der Waals surface area (Å²) < 4.78 is 13.2. The van der Waals surface area contributed by atoms with Crippen LogP contribution >= 0.6 is 11.8 Å². The topological polar surface area (TPSA) is 55.1 Å². The van der Waals surface area contributed by atoms with Gasteiger partial charge in [0.25, 0.3) is 0 Å². The van der Waals surface area contributed by atoms with E-state index in [4.69, 9.17) is 14.5 Å². The molecule has 1 aliphatic heterocycles. The molecule has 0 bridgehead atoms. The minimum absolute atomic E-state index is 0.849. The van der Waals surface area contributed by atoms with Gasteiger partial charge in [-0.25, -0.2) is 9.97 Å². The van der Waals surface area contributed by atoms with E-state index in [1.807, 2.05) is 22.9 Å². The molecular formula is C23H31N5O2S. The summed E-state index contributed by atoms with van der Waals surface area (Å²) in [5.41, 5.74) is 3.95. The largest absolute Gasteiger partial charge is 0.495 e. The number of benzene rings is 1. The minimum Gasteiger partial charge on any atom is -0.495 e. The van der Waals surface area contributed by atoms with Crippen molar-refractivity contribution in [3.63, 3.8) is 0 Å². The highest BCUT2D eigenvalue weighted by Gasteiger charge is 2.14. The van der Waals surface area contributed by atoms with Crippen LogP contribution in [0.3, 0.4) is 0 Å². The van der Waals surface area contributed by atoms with E-state index in [0.717, 1.165) is 85.1 Å². The van der Waals surface area contributed by atoms with Crippen molar-refractivity contribution in [3.8, 4) is 17.0 Å². The first kappa shape index (κ1) is 21.9. The second-order valence-corrected chi connectivity index (χ2v) is 8.86. The first-order valence-corrected chi connectivity index (χ1v) is 11.8. The van der Waals surface area contributed by atoms with Gasteiger partial charge in [0.2, 0.25) is 0 Å². The molecule has 7 nitrogen and oxygen atoms in total. The molecule has 3 aromatic rings. The number of morpholine rings is 1. The van der Waals surface area contributed by atoms with Gasteiger partial charge in [0.1, 0.15) is 11.4 Å². The van der Waals surface area contributed by atoms with Crippen molar-refractivity contribution in [2.45, 2.75) is 18.5 Å². The second-order valence-electron chi connectivity index (χ2n) is 7.63. The Morgan fingerprint density at radius 3 is 2.84 bits per heavy atom. The van der Waals surface area contributed by atoms with Gasteiger partial charge >= 0.3 is 0 Å². The number of fused-ring (bicyclic) bond motifs is 1. The predicted octanol–water partition coefficient (Wildman–Crippen LogP) is 3.68. The summed E-state index contributed by atoms with van der Waals surface area (Å²) in [6.07, 6.45) is 4.88. The first-order chi connectivity index (χ1) is 15.2. The molecule has 0 unspecified atom stereocenters. The van der Waals surface area contributed by atoms with Gasteiger partial charge in [-0.3, -0.25) is 9.30 Å². The molecule has 1 aliphatic rings. The van der Waals surface area contributed by atoms with Gasteiger partial charge in [-0.05, 0) is 24.3 Å². The third-order valence-corrected chi connectivity index (χ3v) is 6.42. The van der Waals surface area contributed by atoms with Crippen LogP contribution in [0.5, 0.6) is 5.75 Å². The van der Waals surface area contributed by atoms with E-state index in [1.165, 1.54) is 0 Å². The zero-order valence-electron chi connectivity index (χ0n) is 18.6. The molecule has 4 rings (SSSR count). The van der Waals surface area contributed by atoms with Crippen molar-refractivity contribution >= 4 is 23.1 Å². The molecule has 1 saturated heterocycles. The number of aromatic nitrogens is 3. The highest BCUT2D eigenvalue weighted by molar-refractivity contribution is 7.99. The molecule has 0 saturated carbocycles. The van der Waals surface area contributed by atoms with Crippen molar-refractivity contribution in [1.82, 2.24) is 19.3 Å². The smallest absolute Gasteiger partial charge is 0.174 e. The number of hydrogen-bond acceptors (Lipinski definition) is 7. The van der Waals surface area contributed by atoms with E-state index >= 15 is 0 Å². The molecule has 0 amide bonds. The Balaban J connectivity index is 1.50. The summed E-state index contributed by atoms with van der Waals surface area (Å²) >= 11 is 1.72. The number of rotatable bonds is 9. The zero-order chi connectivity index (χ0) is 21.6. The number of imidazole rings is 1. The average Bonchev–Trinajstić information content (AvgIpc) is 3.28. The van der Waals surface area contributed by atoms with Crippen molar-refractivity contribution in [1.29, 1.82) is 0 Å². The number of methoxy groups -OCH3 is 1. The second kappa shape index (κ2) is 10.3. The van der Waals surface area contributed by atoms with Crippen molar-refractivity contribution < 1.29 is 9.47 Å². The van der Waals surface area contributed by atoms with Gasteiger partial charge in [-0.15, -0.1) is 0 Å². The maximum Gasteiger partial charge on any atom is 0.174 e. The van der Waals surface area contributed by atoms with Crippen LogP contribution in [0.15, 0.2) is 41.8 Å². The quantitative estimate of drug-likeness (QED) is 0.371. The lowest BCUT2D eigenvalue weighted by Crippen LogP contribution is -2.37. The molecule has 166 valence electrons. The molecule has 1 fully saturated rings. The van der Waals surface area contributed by atoms with Crippen LogP contribution in [0.4, 0.5) is 5.69 Å². The summed E-state index contributed by atoms with van der Waals surface area (Å²) in [7, 11) is 3.86. The maximum absolute atomic E-state index is 5.75. The Morgan fingerprint density at radius 1 is 1.23 bits per heavy atom. The fourth-order valence-electron chi connectivity index (χ4n) is 3.90. The van der Waals surface area contributed by atoms with Gasteiger partial charge in [-0.1, -0.05) is 24.8 Å². The Labute approximate surface area is 188 Å². The minimum atomic E-state index is 0.849. The van der Waals surface area contributed by atoms with Crippen LogP contribution in [0, 0.1) is 0 Å². The Hall–Kier alpha value is -2.29. The molecule has 0 aliphatic carbocycles.